The first-order chi connectivity index (χ1) is 12.6. The maximum Gasteiger partial charge on any atom is 0.335 e. The standard InChI is InChI=1S/C19H18N4O3/c1-23(12-13-4-3-5-15(10-13)26-2)19-21-9-7-16(22-19)17-11-14(18(24)25)6-8-20-17/h3-11H,12H2,1-2H3,(H,24,25). The van der Waals surface area contributed by atoms with Crippen molar-refractivity contribution in [1.29, 1.82) is 0 Å². The van der Waals surface area contributed by atoms with E-state index >= 15 is 0 Å². The molecule has 7 heteroatoms. The van der Waals surface area contributed by atoms with Crippen molar-refractivity contribution in [3.8, 4) is 17.1 Å². The maximum absolute atomic E-state index is 11.1. The third kappa shape index (κ3) is 3.94. The van der Waals surface area contributed by atoms with E-state index in [1.165, 1.54) is 18.3 Å². The molecule has 0 radical (unpaired) electrons. The second kappa shape index (κ2) is 7.60. The number of carboxylic acids is 1. The van der Waals surface area contributed by atoms with Crippen LogP contribution in [0.1, 0.15) is 15.9 Å². The van der Waals surface area contributed by atoms with Crippen LogP contribution in [0.25, 0.3) is 11.4 Å². The largest absolute Gasteiger partial charge is 0.497 e. The summed E-state index contributed by atoms with van der Waals surface area (Å²) in [5, 5.41) is 9.13. The minimum absolute atomic E-state index is 0.167. The summed E-state index contributed by atoms with van der Waals surface area (Å²) >= 11 is 0. The Balaban J connectivity index is 1.84. The van der Waals surface area contributed by atoms with E-state index in [4.69, 9.17) is 9.84 Å². The molecule has 0 aliphatic heterocycles. The van der Waals surface area contributed by atoms with Gasteiger partial charge in [-0.15, -0.1) is 0 Å². The van der Waals surface area contributed by atoms with Gasteiger partial charge in [0.05, 0.1) is 24.1 Å². The molecule has 7 nitrogen and oxygen atoms in total. The molecule has 0 unspecified atom stereocenters. The predicted octanol–water partition coefficient (Wildman–Crippen LogP) is 2.88. The second-order valence-corrected chi connectivity index (χ2v) is 5.68. The molecule has 0 bridgehead atoms. The smallest absolute Gasteiger partial charge is 0.335 e. The number of pyridine rings is 1. The number of carbonyl (C=O) groups is 1. The Labute approximate surface area is 150 Å². The van der Waals surface area contributed by atoms with Gasteiger partial charge in [0.15, 0.2) is 0 Å². The Morgan fingerprint density at radius 3 is 2.69 bits per heavy atom. The Kier molecular flexibility index (Phi) is 5.07. The number of rotatable bonds is 6. The first-order valence-electron chi connectivity index (χ1n) is 7.93. The van der Waals surface area contributed by atoms with Crippen molar-refractivity contribution in [2.45, 2.75) is 6.54 Å². The summed E-state index contributed by atoms with van der Waals surface area (Å²) in [7, 11) is 3.52. The van der Waals surface area contributed by atoms with Crippen LogP contribution in [-0.4, -0.2) is 40.2 Å². The van der Waals surface area contributed by atoms with Crippen LogP contribution < -0.4 is 9.64 Å². The summed E-state index contributed by atoms with van der Waals surface area (Å²) in [5.74, 6) is 0.311. The van der Waals surface area contributed by atoms with Gasteiger partial charge in [0.1, 0.15) is 5.75 Å². The lowest BCUT2D eigenvalue weighted by Gasteiger charge is -2.18. The van der Waals surface area contributed by atoms with E-state index in [0.29, 0.717) is 23.9 Å². The molecule has 0 atom stereocenters. The van der Waals surface area contributed by atoms with E-state index in [-0.39, 0.29) is 5.56 Å². The third-order valence-electron chi connectivity index (χ3n) is 3.81. The summed E-state index contributed by atoms with van der Waals surface area (Å²) in [6, 6.07) is 12.4. The van der Waals surface area contributed by atoms with Crippen molar-refractivity contribution in [3.63, 3.8) is 0 Å². The number of ether oxygens (including phenoxy) is 1. The van der Waals surface area contributed by atoms with Crippen LogP contribution in [-0.2, 0) is 6.54 Å². The van der Waals surface area contributed by atoms with E-state index in [2.05, 4.69) is 15.0 Å². The fraction of sp³-hybridized carbons (Fsp3) is 0.158. The molecule has 132 valence electrons. The molecule has 2 aromatic heterocycles. The Morgan fingerprint density at radius 1 is 1.12 bits per heavy atom. The number of carboxylic acid groups (broad SMARTS) is 1. The molecular weight excluding hydrogens is 332 g/mol. The van der Waals surface area contributed by atoms with Gasteiger partial charge in [-0.25, -0.2) is 14.8 Å². The van der Waals surface area contributed by atoms with Crippen molar-refractivity contribution in [3.05, 3.63) is 66.0 Å². The maximum atomic E-state index is 11.1. The average Bonchev–Trinajstić information content (AvgIpc) is 2.68. The second-order valence-electron chi connectivity index (χ2n) is 5.68. The van der Waals surface area contributed by atoms with Gasteiger partial charge in [-0.2, -0.15) is 0 Å². The molecule has 0 aliphatic carbocycles. The number of hydrogen-bond acceptors (Lipinski definition) is 6. The molecule has 1 aromatic carbocycles. The molecule has 0 aliphatic rings. The monoisotopic (exact) mass is 350 g/mol. The van der Waals surface area contributed by atoms with Gasteiger partial charge in [0.2, 0.25) is 5.95 Å². The fourth-order valence-corrected chi connectivity index (χ4v) is 2.49. The van der Waals surface area contributed by atoms with Crippen LogP contribution >= 0.6 is 0 Å². The van der Waals surface area contributed by atoms with Crippen LogP contribution in [0.5, 0.6) is 5.75 Å². The molecule has 0 saturated carbocycles. The average molecular weight is 350 g/mol. The zero-order valence-corrected chi connectivity index (χ0v) is 14.5. The topological polar surface area (TPSA) is 88.4 Å². The Hall–Kier alpha value is -3.48. The number of methoxy groups -OCH3 is 1. The minimum Gasteiger partial charge on any atom is -0.497 e. The van der Waals surface area contributed by atoms with E-state index in [1.807, 2.05) is 36.2 Å². The number of benzene rings is 1. The number of hydrogen-bond donors (Lipinski definition) is 1. The molecule has 1 N–H and O–H groups in total. The van der Waals surface area contributed by atoms with E-state index in [1.54, 1.807) is 19.4 Å². The number of aromatic carboxylic acids is 1. The SMILES string of the molecule is COc1cccc(CN(C)c2nccc(-c3cc(C(=O)O)ccn3)n2)c1. The number of aromatic nitrogens is 3. The van der Waals surface area contributed by atoms with Crippen molar-refractivity contribution < 1.29 is 14.6 Å². The molecule has 3 aromatic rings. The summed E-state index contributed by atoms with van der Waals surface area (Å²) in [6.07, 6.45) is 3.09. The molecule has 0 spiro atoms. The fourth-order valence-electron chi connectivity index (χ4n) is 2.49. The van der Waals surface area contributed by atoms with E-state index in [0.717, 1.165) is 11.3 Å². The highest BCUT2D eigenvalue weighted by Gasteiger charge is 2.11. The minimum atomic E-state index is -1.00. The van der Waals surface area contributed by atoms with Crippen LogP contribution in [0.4, 0.5) is 5.95 Å². The first kappa shape index (κ1) is 17.3. The van der Waals surface area contributed by atoms with Gasteiger partial charge in [-0.1, -0.05) is 12.1 Å². The summed E-state index contributed by atoms with van der Waals surface area (Å²) in [6.45, 7) is 0.600. The predicted molar refractivity (Wildman–Crippen MR) is 97.3 cm³/mol. The first-order valence-corrected chi connectivity index (χ1v) is 7.93. The highest BCUT2D eigenvalue weighted by Crippen LogP contribution is 2.20. The summed E-state index contributed by atoms with van der Waals surface area (Å²) in [4.78, 5) is 26.1. The molecule has 0 amide bonds. The molecule has 26 heavy (non-hydrogen) atoms. The van der Waals surface area contributed by atoms with Crippen LogP contribution in [0.3, 0.4) is 0 Å². The van der Waals surface area contributed by atoms with E-state index in [9.17, 15) is 4.79 Å². The van der Waals surface area contributed by atoms with Crippen LogP contribution in [0.2, 0.25) is 0 Å². The Morgan fingerprint density at radius 2 is 1.92 bits per heavy atom. The summed E-state index contributed by atoms with van der Waals surface area (Å²) in [5.41, 5.74) is 2.28. The quantitative estimate of drug-likeness (QED) is 0.731. The molecule has 3 rings (SSSR count). The highest BCUT2D eigenvalue weighted by atomic mass is 16.5. The zero-order chi connectivity index (χ0) is 18.5. The Bertz CT molecular complexity index is 930. The van der Waals surface area contributed by atoms with Gasteiger partial charge in [-0.3, -0.25) is 4.98 Å². The van der Waals surface area contributed by atoms with Gasteiger partial charge < -0.3 is 14.7 Å². The van der Waals surface area contributed by atoms with Gasteiger partial charge in [-0.05, 0) is 35.9 Å². The van der Waals surface area contributed by atoms with Gasteiger partial charge >= 0.3 is 5.97 Å². The lowest BCUT2D eigenvalue weighted by atomic mass is 10.2. The number of nitrogens with zero attached hydrogens (tertiary/aromatic N) is 4. The van der Waals surface area contributed by atoms with Crippen molar-refractivity contribution in [1.82, 2.24) is 15.0 Å². The lowest BCUT2D eigenvalue weighted by Crippen LogP contribution is -2.19. The molecule has 0 fully saturated rings. The lowest BCUT2D eigenvalue weighted by molar-refractivity contribution is 0.0697. The normalized spacial score (nSPS) is 10.4. The van der Waals surface area contributed by atoms with E-state index < -0.39 is 5.97 Å². The molecule has 0 saturated heterocycles. The third-order valence-corrected chi connectivity index (χ3v) is 3.81. The van der Waals surface area contributed by atoms with Crippen LogP contribution in [0, 0.1) is 0 Å². The number of anilines is 1. The van der Waals surface area contributed by atoms with Crippen molar-refractivity contribution in [2.75, 3.05) is 19.1 Å². The van der Waals surface area contributed by atoms with Crippen LogP contribution in [0.15, 0.2) is 54.9 Å². The van der Waals surface area contributed by atoms with Gasteiger partial charge in [0.25, 0.3) is 0 Å². The zero-order valence-electron chi connectivity index (χ0n) is 14.5. The molecular formula is C19H18N4O3. The molecule has 2 heterocycles. The van der Waals surface area contributed by atoms with Crippen molar-refractivity contribution >= 4 is 11.9 Å². The van der Waals surface area contributed by atoms with Gasteiger partial charge in [0, 0.05) is 26.0 Å². The summed E-state index contributed by atoms with van der Waals surface area (Å²) < 4.78 is 5.24. The highest BCUT2D eigenvalue weighted by molar-refractivity contribution is 5.88. The van der Waals surface area contributed by atoms with Crippen molar-refractivity contribution in [2.24, 2.45) is 0 Å².